The van der Waals surface area contributed by atoms with Crippen molar-refractivity contribution in [2.75, 3.05) is 45.5 Å². The predicted octanol–water partition coefficient (Wildman–Crippen LogP) is 2.20. The molecule has 0 aliphatic carbocycles. The molecule has 2 aromatic rings. The van der Waals surface area contributed by atoms with Gasteiger partial charge in [0.1, 0.15) is 0 Å². The number of amides is 1. The van der Waals surface area contributed by atoms with Crippen LogP contribution in [0.25, 0.3) is 0 Å². The Morgan fingerprint density at radius 2 is 1.85 bits per heavy atom. The number of morpholine rings is 1. The normalized spacial score (nSPS) is 17.2. The van der Waals surface area contributed by atoms with Gasteiger partial charge in [-0.05, 0) is 56.3 Å². The van der Waals surface area contributed by atoms with Gasteiger partial charge in [0.15, 0.2) is 11.5 Å². The average Bonchev–Trinajstić information content (AvgIpc) is 3.28. The van der Waals surface area contributed by atoms with E-state index >= 15 is 0 Å². The highest BCUT2D eigenvalue weighted by molar-refractivity contribution is 7.89. The fourth-order valence-electron chi connectivity index (χ4n) is 3.79. The molecule has 10 heteroatoms. The standard InChI is InChI=1S/C23H29N3O6S/c1-16-4-6-19(13-22(16)33(28,29)26-8-10-30-11-9-26)24-23(27)17(2)25(3)14-18-5-7-20-21(12-18)32-15-31-20/h4-7,12-13,17H,8-11,14-15H2,1-3H3,(H,24,27)/t17-/m1/s1. The van der Waals surface area contributed by atoms with Gasteiger partial charge in [-0.2, -0.15) is 4.31 Å². The van der Waals surface area contributed by atoms with Gasteiger partial charge in [0, 0.05) is 25.3 Å². The molecule has 1 amide bonds. The van der Waals surface area contributed by atoms with E-state index in [4.69, 9.17) is 14.2 Å². The fraction of sp³-hybridized carbons (Fsp3) is 0.435. The number of fused-ring (bicyclic) bond motifs is 1. The first-order valence-corrected chi connectivity index (χ1v) is 12.3. The van der Waals surface area contributed by atoms with Crippen LogP contribution < -0.4 is 14.8 Å². The second-order valence-electron chi connectivity index (χ2n) is 8.26. The zero-order chi connectivity index (χ0) is 23.6. The zero-order valence-electron chi connectivity index (χ0n) is 19.0. The maximum absolute atomic E-state index is 13.1. The maximum atomic E-state index is 13.1. The smallest absolute Gasteiger partial charge is 0.243 e. The molecule has 0 saturated carbocycles. The molecule has 0 spiro atoms. The number of carbonyl (C=O) groups is 1. The molecule has 2 aromatic carbocycles. The number of nitrogens with one attached hydrogen (secondary N) is 1. The third-order valence-corrected chi connectivity index (χ3v) is 7.99. The number of rotatable bonds is 7. The lowest BCUT2D eigenvalue weighted by Gasteiger charge is -2.27. The number of likely N-dealkylation sites (N-methyl/N-ethyl adjacent to an activating group) is 1. The summed E-state index contributed by atoms with van der Waals surface area (Å²) >= 11 is 0. The summed E-state index contributed by atoms with van der Waals surface area (Å²) in [5.74, 6) is 1.19. The molecule has 0 unspecified atom stereocenters. The van der Waals surface area contributed by atoms with E-state index in [1.165, 1.54) is 10.4 Å². The molecule has 1 atom stereocenters. The molecular formula is C23H29N3O6S. The minimum absolute atomic E-state index is 0.198. The molecule has 0 radical (unpaired) electrons. The number of hydrogen-bond donors (Lipinski definition) is 1. The Labute approximate surface area is 194 Å². The Morgan fingerprint density at radius 3 is 2.61 bits per heavy atom. The number of aryl methyl sites for hydroxylation is 1. The summed E-state index contributed by atoms with van der Waals surface area (Å²) in [6.07, 6.45) is 0. The Bertz CT molecular complexity index is 1130. The van der Waals surface area contributed by atoms with Gasteiger partial charge in [-0.15, -0.1) is 0 Å². The van der Waals surface area contributed by atoms with Crippen LogP contribution in [0.1, 0.15) is 18.1 Å². The lowest BCUT2D eigenvalue weighted by molar-refractivity contribution is -0.120. The van der Waals surface area contributed by atoms with Crippen molar-refractivity contribution in [2.45, 2.75) is 31.3 Å². The van der Waals surface area contributed by atoms with E-state index < -0.39 is 16.1 Å². The van der Waals surface area contributed by atoms with Crippen molar-refractivity contribution >= 4 is 21.6 Å². The Morgan fingerprint density at radius 1 is 1.12 bits per heavy atom. The highest BCUT2D eigenvalue weighted by Crippen LogP contribution is 2.33. The minimum atomic E-state index is -3.66. The van der Waals surface area contributed by atoms with E-state index in [0.29, 0.717) is 49.8 Å². The number of benzene rings is 2. The topological polar surface area (TPSA) is 97.4 Å². The van der Waals surface area contributed by atoms with Crippen LogP contribution in [0.15, 0.2) is 41.3 Å². The summed E-state index contributed by atoms with van der Waals surface area (Å²) in [6, 6.07) is 10.2. The van der Waals surface area contributed by atoms with Crippen molar-refractivity contribution in [3.05, 3.63) is 47.5 Å². The Kier molecular flexibility index (Phi) is 6.89. The highest BCUT2D eigenvalue weighted by Gasteiger charge is 2.28. The van der Waals surface area contributed by atoms with E-state index in [0.717, 1.165) is 11.3 Å². The first kappa shape index (κ1) is 23.5. The van der Waals surface area contributed by atoms with Crippen LogP contribution in [0.3, 0.4) is 0 Å². The quantitative estimate of drug-likeness (QED) is 0.656. The number of nitrogens with zero attached hydrogens (tertiary/aromatic N) is 2. The lowest BCUT2D eigenvalue weighted by Crippen LogP contribution is -2.41. The molecule has 2 heterocycles. The van der Waals surface area contributed by atoms with Crippen molar-refractivity contribution in [2.24, 2.45) is 0 Å². The van der Waals surface area contributed by atoms with Gasteiger partial charge in [0.2, 0.25) is 22.7 Å². The third kappa shape index (κ3) is 5.14. The van der Waals surface area contributed by atoms with E-state index in [1.807, 2.05) is 37.1 Å². The van der Waals surface area contributed by atoms with Crippen molar-refractivity contribution in [1.29, 1.82) is 0 Å². The Hall–Kier alpha value is -2.66. The number of anilines is 1. The Balaban J connectivity index is 1.43. The summed E-state index contributed by atoms with van der Waals surface area (Å²) in [5.41, 5.74) is 2.07. The van der Waals surface area contributed by atoms with Gasteiger partial charge in [-0.25, -0.2) is 8.42 Å². The van der Waals surface area contributed by atoms with Gasteiger partial charge < -0.3 is 19.5 Å². The molecular weight excluding hydrogens is 446 g/mol. The molecule has 0 aromatic heterocycles. The fourth-order valence-corrected chi connectivity index (χ4v) is 5.45. The van der Waals surface area contributed by atoms with Gasteiger partial charge in [0.25, 0.3) is 0 Å². The van der Waals surface area contributed by atoms with Crippen molar-refractivity contribution in [3.8, 4) is 11.5 Å². The lowest BCUT2D eigenvalue weighted by atomic mass is 10.1. The molecule has 178 valence electrons. The maximum Gasteiger partial charge on any atom is 0.243 e. The third-order valence-electron chi connectivity index (χ3n) is 5.95. The van der Waals surface area contributed by atoms with E-state index in [2.05, 4.69) is 5.32 Å². The minimum Gasteiger partial charge on any atom is -0.454 e. The second kappa shape index (κ2) is 9.68. The molecule has 1 fully saturated rings. The largest absolute Gasteiger partial charge is 0.454 e. The monoisotopic (exact) mass is 475 g/mol. The van der Waals surface area contributed by atoms with Crippen LogP contribution in [0.2, 0.25) is 0 Å². The molecule has 2 aliphatic heterocycles. The molecule has 2 aliphatic rings. The van der Waals surface area contributed by atoms with Crippen LogP contribution in [-0.2, 0) is 26.1 Å². The van der Waals surface area contributed by atoms with Crippen LogP contribution >= 0.6 is 0 Å². The first-order valence-electron chi connectivity index (χ1n) is 10.8. The highest BCUT2D eigenvalue weighted by atomic mass is 32.2. The summed E-state index contributed by atoms with van der Waals surface area (Å²) in [5, 5.41) is 2.86. The van der Waals surface area contributed by atoms with Crippen molar-refractivity contribution in [1.82, 2.24) is 9.21 Å². The number of carbonyl (C=O) groups excluding carboxylic acids is 1. The molecule has 4 rings (SSSR count). The second-order valence-corrected chi connectivity index (χ2v) is 10.2. The predicted molar refractivity (Wildman–Crippen MR) is 123 cm³/mol. The first-order chi connectivity index (χ1) is 15.8. The average molecular weight is 476 g/mol. The summed E-state index contributed by atoms with van der Waals surface area (Å²) in [4.78, 5) is 15.0. The molecule has 9 nitrogen and oxygen atoms in total. The zero-order valence-corrected chi connectivity index (χ0v) is 19.9. The van der Waals surface area contributed by atoms with Gasteiger partial charge in [-0.1, -0.05) is 12.1 Å². The van der Waals surface area contributed by atoms with Crippen molar-refractivity contribution < 1.29 is 27.4 Å². The van der Waals surface area contributed by atoms with Gasteiger partial charge >= 0.3 is 0 Å². The molecule has 1 N–H and O–H groups in total. The van der Waals surface area contributed by atoms with Crippen molar-refractivity contribution in [3.63, 3.8) is 0 Å². The van der Waals surface area contributed by atoms with Crippen LogP contribution in [0.4, 0.5) is 5.69 Å². The summed E-state index contributed by atoms with van der Waals surface area (Å²) in [7, 11) is -1.80. The molecule has 1 saturated heterocycles. The number of hydrogen-bond acceptors (Lipinski definition) is 7. The summed E-state index contributed by atoms with van der Waals surface area (Å²) in [6.45, 7) is 5.70. The molecule has 0 bridgehead atoms. The van der Waals surface area contributed by atoms with E-state index in [-0.39, 0.29) is 17.6 Å². The van der Waals surface area contributed by atoms with E-state index in [1.54, 1.807) is 19.1 Å². The SMILES string of the molecule is Cc1ccc(NC(=O)[C@@H](C)N(C)Cc2ccc3c(c2)OCO3)cc1S(=O)(=O)N1CCOCC1. The molecule has 33 heavy (non-hydrogen) atoms. The van der Waals surface area contributed by atoms with Crippen LogP contribution in [0.5, 0.6) is 11.5 Å². The van der Waals surface area contributed by atoms with Crippen LogP contribution in [-0.4, -0.2) is 69.7 Å². The van der Waals surface area contributed by atoms with Gasteiger partial charge in [0.05, 0.1) is 24.2 Å². The van der Waals surface area contributed by atoms with E-state index in [9.17, 15) is 13.2 Å². The number of sulfonamides is 1. The van der Waals surface area contributed by atoms with Gasteiger partial charge in [-0.3, -0.25) is 9.69 Å². The number of ether oxygens (including phenoxy) is 3. The summed E-state index contributed by atoms with van der Waals surface area (Å²) < 4.78 is 43.7. The van der Waals surface area contributed by atoms with Crippen LogP contribution in [0, 0.1) is 6.92 Å².